The van der Waals surface area contributed by atoms with Gasteiger partial charge in [-0.1, -0.05) is 30.3 Å². The van der Waals surface area contributed by atoms with Gasteiger partial charge in [-0.05, 0) is 51.0 Å². The van der Waals surface area contributed by atoms with Gasteiger partial charge in [-0.3, -0.25) is 4.90 Å². The van der Waals surface area contributed by atoms with Crippen molar-refractivity contribution in [2.75, 3.05) is 26.3 Å². The van der Waals surface area contributed by atoms with Gasteiger partial charge in [0.05, 0.1) is 13.2 Å². The number of nitrogens with zero attached hydrogens (tertiary/aromatic N) is 2. The van der Waals surface area contributed by atoms with E-state index in [0.717, 1.165) is 38.8 Å². The maximum atomic E-state index is 12.0. The van der Waals surface area contributed by atoms with Crippen molar-refractivity contribution in [1.29, 1.82) is 0 Å². The maximum Gasteiger partial charge on any atom is 0.409 e. The molecule has 27 heavy (non-hydrogen) atoms. The van der Waals surface area contributed by atoms with Crippen LogP contribution >= 0.6 is 0 Å². The number of hydrogen-bond donors (Lipinski definition) is 1. The molecule has 2 bridgehead atoms. The zero-order valence-corrected chi connectivity index (χ0v) is 16.3. The first-order chi connectivity index (χ1) is 13.2. The van der Waals surface area contributed by atoms with Gasteiger partial charge in [0.25, 0.3) is 0 Å². The molecule has 3 heterocycles. The number of rotatable bonds is 5. The van der Waals surface area contributed by atoms with E-state index < -0.39 is 0 Å². The molecule has 1 aromatic carbocycles. The lowest BCUT2D eigenvalue weighted by Crippen LogP contribution is -2.50. The Hall–Kier alpha value is -1.59. The molecule has 0 radical (unpaired) electrons. The van der Waals surface area contributed by atoms with E-state index >= 15 is 0 Å². The van der Waals surface area contributed by atoms with Crippen molar-refractivity contribution in [2.24, 2.45) is 5.41 Å². The van der Waals surface area contributed by atoms with E-state index in [9.17, 15) is 9.90 Å². The number of carbonyl (C=O) groups is 1. The van der Waals surface area contributed by atoms with Crippen molar-refractivity contribution in [3.05, 3.63) is 35.9 Å². The summed E-state index contributed by atoms with van der Waals surface area (Å²) in [5, 5.41) is 10.4. The van der Waals surface area contributed by atoms with Gasteiger partial charge in [-0.2, -0.15) is 0 Å². The van der Waals surface area contributed by atoms with Crippen molar-refractivity contribution < 1.29 is 14.6 Å². The monoisotopic (exact) mass is 372 g/mol. The number of fused-ring (bicyclic) bond motifs is 2. The lowest BCUT2D eigenvalue weighted by Gasteiger charge is -2.41. The molecular formula is C22H32N2O3. The summed E-state index contributed by atoms with van der Waals surface area (Å²) in [6, 6.07) is 12.2. The summed E-state index contributed by atoms with van der Waals surface area (Å²) < 4.78 is 5.15. The number of aliphatic hydroxyl groups excluding tert-OH is 1. The number of hydrogen-bond acceptors (Lipinski definition) is 4. The van der Waals surface area contributed by atoms with Gasteiger partial charge in [0, 0.05) is 36.6 Å². The maximum absolute atomic E-state index is 12.0. The minimum Gasteiger partial charge on any atom is -0.450 e. The Labute approximate surface area is 162 Å². The Bertz CT molecular complexity index is 644. The molecule has 3 atom stereocenters. The number of piperidine rings is 1. The zero-order chi connectivity index (χ0) is 18.9. The largest absolute Gasteiger partial charge is 0.450 e. The van der Waals surface area contributed by atoms with Gasteiger partial charge in [-0.15, -0.1) is 0 Å². The highest BCUT2D eigenvalue weighted by Crippen LogP contribution is 2.53. The van der Waals surface area contributed by atoms with Crippen LogP contribution in [0.2, 0.25) is 0 Å². The first kappa shape index (κ1) is 18.8. The molecular weight excluding hydrogens is 340 g/mol. The Morgan fingerprint density at radius 2 is 1.89 bits per heavy atom. The highest BCUT2D eigenvalue weighted by Gasteiger charge is 2.57. The zero-order valence-electron chi connectivity index (χ0n) is 16.3. The van der Waals surface area contributed by atoms with Gasteiger partial charge < -0.3 is 14.7 Å². The number of aliphatic hydroxyl groups is 1. The molecule has 3 aliphatic rings. The van der Waals surface area contributed by atoms with Crippen molar-refractivity contribution in [1.82, 2.24) is 9.80 Å². The van der Waals surface area contributed by atoms with Crippen molar-refractivity contribution in [3.8, 4) is 0 Å². The second-order valence-corrected chi connectivity index (χ2v) is 8.50. The van der Waals surface area contributed by atoms with Crippen LogP contribution in [0.25, 0.3) is 0 Å². The standard InChI is InChI=1S/C22H32N2O3/c1-2-27-21(26)23-12-10-18(11-13-23)24-19-8-9-20(24)22(15-19,16-25)14-17-6-4-3-5-7-17/h3-7,18-20,25H,2,8-16H2,1H3/t19-,20+,22-/m1/s1. The minimum atomic E-state index is -0.172. The summed E-state index contributed by atoms with van der Waals surface area (Å²) in [7, 11) is 0. The molecule has 5 heteroatoms. The van der Waals surface area contributed by atoms with Crippen LogP contribution in [0, 0.1) is 5.41 Å². The first-order valence-corrected chi connectivity index (χ1v) is 10.5. The van der Waals surface area contributed by atoms with Gasteiger partial charge >= 0.3 is 6.09 Å². The molecule has 3 saturated heterocycles. The molecule has 0 aromatic heterocycles. The van der Waals surface area contributed by atoms with Crippen LogP contribution in [0.15, 0.2) is 30.3 Å². The molecule has 0 saturated carbocycles. The number of ether oxygens (including phenoxy) is 1. The second kappa shape index (κ2) is 7.80. The Morgan fingerprint density at radius 1 is 1.15 bits per heavy atom. The Kier molecular flexibility index (Phi) is 5.42. The topological polar surface area (TPSA) is 53.0 Å². The SMILES string of the molecule is CCOC(=O)N1CCC(N2[C@@H]3CC[C@H]2[C@](CO)(Cc2ccccc2)C3)CC1. The van der Waals surface area contributed by atoms with Gasteiger partial charge in [0.2, 0.25) is 0 Å². The lowest BCUT2D eigenvalue weighted by atomic mass is 9.70. The molecule has 3 aliphatic heterocycles. The minimum absolute atomic E-state index is 0.0114. The van der Waals surface area contributed by atoms with Crippen LogP contribution in [-0.2, 0) is 11.2 Å². The van der Waals surface area contributed by atoms with E-state index in [1.54, 1.807) is 0 Å². The number of benzene rings is 1. The second-order valence-electron chi connectivity index (χ2n) is 8.50. The normalized spacial score (nSPS) is 31.4. The lowest BCUT2D eigenvalue weighted by molar-refractivity contribution is 0.0422. The molecule has 1 aromatic rings. The fourth-order valence-corrected chi connectivity index (χ4v) is 5.87. The average molecular weight is 373 g/mol. The average Bonchev–Trinajstić information content (AvgIpc) is 3.25. The summed E-state index contributed by atoms with van der Waals surface area (Å²) in [4.78, 5) is 16.5. The molecule has 1 N–H and O–H groups in total. The predicted octanol–water partition coefficient (Wildman–Crippen LogP) is 3.07. The fourth-order valence-electron chi connectivity index (χ4n) is 5.87. The Balaban J connectivity index is 1.44. The molecule has 5 nitrogen and oxygen atoms in total. The molecule has 1 amide bonds. The van der Waals surface area contributed by atoms with Crippen LogP contribution in [0.3, 0.4) is 0 Å². The molecule has 0 unspecified atom stereocenters. The highest BCUT2D eigenvalue weighted by atomic mass is 16.6. The van der Waals surface area contributed by atoms with Crippen LogP contribution in [0.4, 0.5) is 4.79 Å². The molecule has 4 rings (SSSR count). The molecule has 0 spiro atoms. The van der Waals surface area contributed by atoms with E-state index in [2.05, 4.69) is 35.2 Å². The van der Waals surface area contributed by atoms with Crippen molar-refractivity contribution in [3.63, 3.8) is 0 Å². The third kappa shape index (κ3) is 3.47. The number of likely N-dealkylation sites (tertiary alicyclic amines) is 1. The van der Waals surface area contributed by atoms with Crippen molar-refractivity contribution >= 4 is 6.09 Å². The van der Waals surface area contributed by atoms with Crippen LogP contribution < -0.4 is 0 Å². The van der Waals surface area contributed by atoms with Gasteiger partial charge in [0.15, 0.2) is 0 Å². The smallest absolute Gasteiger partial charge is 0.409 e. The highest BCUT2D eigenvalue weighted by molar-refractivity contribution is 5.67. The van der Waals surface area contributed by atoms with E-state index in [0.29, 0.717) is 24.7 Å². The van der Waals surface area contributed by atoms with Crippen LogP contribution in [-0.4, -0.2) is 65.4 Å². The van der Waals surface area contributed by atoms with Crippen molar-refractivity contribution in [2.45, 2.75) is 63.6 Å². The Morgan fingerprint density at radius 3 is 2.56 bits per heavy atom. The fraction of sp³-hybridized carbons (Fsp3) is 0.682. The summed E-state index contributed by atoms with van der Waals surface area (Å²) in [6.07, 6.45) is 6.35. The van der Waals surface area contributed by atoms with Crippen LogP contribution in [0.1, 0.15) is 44.6 Å². The number of carbonyl (C=O) groups excluding carboxylic acids is 1. The third-order valence-electron chi connectivity index (χ3n) is 7.03. The molecule has 3 fully saturated rings. The first-order valence-electron chi connectivity index (χ1n) is 10.5. The van der Waals surface area contributed by atoms with Crippen LogP contribution in [0.5, 0.6) is 0 Å². The van der Waals surface area contributed by atoms with E-state index in [4.69, 9.17) is 4.74 Å². The van der Waals surface area contributed by atoms with E-state index in [-0.39, 0.29) is 18.1 Å². The summed E-state index contributed by atoms with van der Waals surface area (Å²) in [6.45, 7) is 4.12. The van der Waals surface area contributed by atoms with Gasteiger partial charge in [0.1, 0.15) is 0 Å². The summed E-state index contributed by atoms with van der Waals surface area (Å²) in [5.74, 6) is 0. The van der Waals surface area contributed by atoms with E-state index in [1.165, 1.54) is 18.4 Å². The summed E-state index contributed by atoms with van der Waals surface area (Å²) in [5.41, 5.74) is 1.32. The third-order valence-corrected chi connectivity index (χ3v) is 7.03. The summed E-state index contributed by atoms with van der Waals surface area (Å²) >= 11 is 0. The quantitative estimate of drug-likeness (QED) is 0.863. The molecule has 0 aliphatic carbocycles. The molecule has 148 valence electrons. The predicted molar refractivity (Wildman–Crippen MR) is 105 cm³/mol. The van der Waals surface area contributed by atoms with Gasteiger partial charge in [-0.25, -0.2) is 4.79 Å². The number of amides is 1. The van der Waals surface area contributed by atoms with E-state index in [1.807, 2.05) is 11.8 Å².